The Labute approximate surface area is 104 Å². The molecule has 96 valence electrons. The zero-order valence-electron chi connectivity index (χ0n) is 8.70. The van der Waals surface area contributed by atoms with E-state index >= 15 is 0 Å². The van der Waals surface area contributed by atoms with Gasteiger partial charge in [0.25, 0.3) is 0 Å². The fourth-order valence-corrected chi connectivity index (χ4v) is 1.35. The van der Waals surface area contributed by atoms with E-state index in [4.69, 9.17) is 11.6 Å². The van der Waals surface area contributed by atoms with Crippen LogP contribution >= 0.6 is 11.6 Å². The van der Waals surface area contributed by atoms with Crippen LogP contribution in [-0.4, -0.2) is 15.1 Å². The molecule has 5 nitrogen and oxygen atoms in total. The van der Waals surface area contributed by atoms with E-state index in [1.807, 2.05) is 0 Å². The van der Waals surface area contributed by atoms with Crippen molar-refractivity contribution < 1.29 is 17.7 Å². The highest BCUT2D eigenvalue weighted by Crippen LogP contribution is 2.29. The molecule has 0 saturated carbocycles. The van der Waals surface area contributed by atoms with Crippen LogP contribution in [0.15, 0.2) is 22.9 Å². The predicted molar refractivity (Wildman–Crippen MR) is 55.9 cm³/mol. The summed E-state index contributed by atoms with van der Waals surface area (Å²) in [6.45, 7) is 0.168. The molecule has 0 unspecified atom stereocenters. The van der Waals surface area contributed by atoms with E-state index in [1.165, 1.54) is 6.26 Å². The van der Waals surface area contributed by atoms with Crippen LogP contribution in [0.4, 0.5) is 19.0 Å². The van der Waals surface area contributed by atoms with Crippen LogP contribution in [0, 0.1) is 0 Å². The number of rotatable bonds is 3. The molecule has 0 fully saturated rings. The Morgan fingerprint density at radius 3 is 2.72 bits per heavy atom. The number of hydrogen-bond acceptors (Lipinski definition) is 5. The van der Waals surface area contributed by atoms with Gasteiger partial charge < -0.3 is 9.84 Å². The van der Waals surface area contributed by atoms with Crippen molar-refractivity contribution in [3.63, 3.8) is 0 Å². The molecule has 2 aromatic rings. The van der Waals surface area contributed by atoms with Gasteiger partial charge in [-0.3, -0.25) is 0 Å². The van der Waals surface area contributed by atoms with E-state index in [-0.39, 0.29) is 12.4 Å². The van der Waals surface area contributed by atoms with Gasteiger partial charge in [0, 0.05) is 12.1 Å². The third kappa shape index (κ3) is 3.10. The van der Waals surface area contributed by atoms with Crippen molar-refractivity contribution in [1.29, 1.82) is 0 Å². The third-order valence-electron chi connectivity index (χ3n) is 1.93. The third-order valence-corrected chi connectivity index (χ3v) is 2.10. The number of anilines is 1. The summed E-state index contributed by atoms with van der Waals surface area (Å²) in [5.41, 5.74) is -0.580. The molecule has 0 spiro atoms. The Hall–Kier alpha value is -1.83. The largest absolute Gasteiger partial charge is 0.433 e. The monoisotopic (exact) mass is 278 g/mol. The second-order valence-electron chi connectivity index (χ2n) is 3.25. The molecular weight excluding hydrogens is 273 g/mol. The quantitative estimate of drug-likeness (QED) is 0.875. The van der Waals surface area contributed by atoms with Crippen LogP contribution in [0.3, 0.4) is 0 Å². The van der Waals surface area contributed by atoms with Gasteiger partial charge in [-0.15, -0.1) is 0 Å². The van der Waals surface area contributed by atoms with E-state index < -0.39 is 17.2 Å². The maximum atomic E-state index is 12.5. The number of nitrogens with one attached hydrogen (secondary N) is 1. The van der Waals surface area contributed by atoms with Crippen molar-refractivity contribution in [3.05, 3.63) is 35.1 Å². The second kappa shape index (κ2) is 4.81. The number of aromatic nitrogens is 3. The van der Waals surface area contributed by atoms with Crippen molar-refractivity contribution in [2.45, 2.75) is 12.7 Å². The normalized spacial score (nSPS) is 11.6. The molecule has 0 amide bonds. The molecule has 18 heavy (non-hydrogen) atoms. The van der Waals surface area contributed by atoms with Crippen LogP contribution in [0.5, 0.6) is 0 Å². The van der Waals surface area contributed by atoms with Crippen LogP contribution in [0.25, 0.3) is 0 Å². The molecule has 2 rings (SSSR count). The van der Waals surface area contributed by atoms with Crippen molar-refractivity contribution in [2.75, 3.05) is 5.32 Å². The highest BCUT2D eigenvalue weighted by atomic mass is 35.5. The molecule has 9 heteroatoms. The molecule has 0 saturated heterocycles. The molecule has 0 aliphatic heterocycles. The van der Waals surface area contributed by atoms with Gasteiger partial charge in [0.2, 0.25) is 5.28 Å². The summed E-state index contributed by atoms with van der Waals surface area (Å²) in [5.74, 6) is -0.0367. The van der Waals surface area contributed by atoms with E-state index in [2.05, 4.69) is 25.0 Å². The molecule has 0 aromatic carbocycles. The summed E-state index contributed by atoms with van der Waals surface area (Å²) < 4.78 is 41.9. The Balaban J connectivity index is 2.15. The van der Waals surface area contributed by atoms with Gasteiger partial charge in [-0.1, -0.05) is 5.16 Å². The van der Waals surface area contributed by atoms with Gasteiger partial charge in [0.05, 0.1) is 6.54 Å². The minimum absolute atomic E-state index is 0.0367. The number of nitrogens with zero attached hydrogens (tertiary/aromatic N) is 3. The molecule has 2 heterocycles. The Morgan fingerprint density at radius 1 is 1.33 bits per heavy atom. The number of alkyl halides is 3. The predicted octanol–water partition coefficient (Wildman–Crippen LogP) is 2.75. The van der Waals surface area contributed by atoms with E-state index in [1.54, 1.807) is 6.07 Å². The van der Waals surface area contributed by atoms with Gasteiger partial charge in [0.15, 0.2) is 5.69 Å². The Morgan fingerprint density at radius 2 is 2.11 bits per heavy atom. The zero-order chi connectivity index (χ0) is 13.2. The summed E-state index contributed by atoms with van der Waals surface area (Å²) >= 11 is 5.42. The van der Waals surface area contributed by atoms with Crippen molar-refractivity contribution in [3.8, 4) is 0 Å². The molecule has 0 radical (unpaired) electrons. The molecule has 0 aliphatic carbocycles. The van der Waals surface area contributed by atoms with Crippen molar-refractivity contribution >= 4 is 17.4 Å². The number of halogens is 4. The van der Waals surface area contributed by atoms with Crippen molar-refractivity contribution in [1.82, 2.24) is 15.1 Å². The SMILES string of the molecule is FC(F)(F)c1cc(NCc2ccon2)nc(Cl)n1. The summed E-state index contributed by atoms with van der Waals surface area (Å²) in [6, 6.07) is 2.34. The maximum Gasteiger partial charge on any atom is 0.433 e. The lowest BCUT2D eigenvalue weighted by Crippen LogP contribution is -2.11. The summed E-state index contributed by atoms with van der Waals surface area (Å²) in [7, 11) is 0. The van der Waals surface area contributed by atoms with E-state index in [0.29, 0.717) is 5.69 Å². The highest BCUT2D eigenvalue weighted by Gasteiger charge is 2.33. The van der Waals surface area contributed by atoms with Gasteiger partial charge in [-0.2, -0.15) is 13.2 Å². The maximum absolute atomic E-state index is 12.5. The van der Waals surface area contributed by atoms with E-state index in [0.717, 1.165) is 6.07 Å². The van der Waals surface area contributed by atoms with E-state index in [9.17, 15) is 13.2 Å². The lowest BCUT2D eigenvalue weighted by atomic mass is 10.3. The Kier molecular flexibility index (Phi) is 3.37. The molecule has 0 aliphatic rings. The zero-order valence-corrected chi connectivity index (χ0v) is 9.46. The fraction of sp³-hybridized carbons (Fsp3) is 0.222. The Bertz CT molecular complexity index is 529. The minimum Gasteiger partial charge on any atom is -0.364 e. The lowest BCUT2D eigenvalue weighted by molar-refractivity contribution is -0.141. The molecule has 1 N–H and O–H groups in total. The lowest BCUT2D eigenvalue weighted by Gasteiger charge is -2.08. The van der Waals surface area contributed by atoms with Crippen LogP contribution < -0.4 is 5.32 Å². The highest BCUT2D eigenvalue weighted by molar-refractivity contribution is 6.28. The summed E-state index contributed by atoms with van der Waals surface area (Å²) in [4.78, 5) is 6.74. The van der Waals surface area contributed by atoms with Crippen LogP contribution in [-0.2, 0) is 12.7 Å². The standard InChI is InChI=1S/C9H6ClF3N4O/c10-8-15-6(9(11,12)13)3-7(16-8)14-4-5-1-2-18-17-5/h1-3H,4H2,(H,14,15,16). The summed E-state index contributed by atoms with van der Waals surface area (Å²) in [6.07, 6.45) is -3.22. The molecular formula is C9H6ClF3N4O. The average Bonchev–Trinajstić information content (AvgIpc) is 2.77. The summed E-state index contributed by atoms with van der Waals surface area (Å²) in [5, 5.41) is 5.75. The first kappa shape index (κ1) is 12.6. The number of hydrogen-bond donors (Lipinski definition) is 1. The topological polar surface area (TPSA) is 63.8 Å². The first-order valence-corrected chi connectivity index (χ1v) is 5.08. The van der Waals surface area contributed by atoms with Gasteiger partial charge in [-0.25, -0.2) is 9.97 Å². The van der Waals surface area contributed by atoms with Gasteiger partial charge >= 0.3 is 6.18 Å². The minimum atomic E-state index is -4.57. The first-order chi connectivity index (χ1) is 8.45. The molecule has 2 aromatic heterocycles. The molecule has 0 bridgehead atoms. The second-order valence-corrected chi connectivity index (χ2v) is 3.59. The van der Waals surface area contributed by atoms with Gasteiger partial charge in [-0.05, 0) is 11.6 Å². The van der Waals surface area contributed by atoms with Crippen molar-refractivity contribution in [2.24, 2.45) is 0 Å². The first-order valence-electron chi connectivity index (χ1n) is 4.70. The molecule has 0 atom stereocenters. The van der Waals surface area contributed by atoms with Crippen LogP contribution in [0.2, 0.25) is 5.28 Å². The van der Waals surface area contributed by atoms with Crippen LogP contribution in [0.1, 0.15) is 11.4 Å². The smallest absolute Gasteiger partial charge is 0.364 e. The fourth-order valence-electron chi connectivity index (χ4n) is 1.16. The van der Waals surface area contributed by atoms with Gasteiger partial charge in [0.1, 0.15) is 17.8 Å². The average molecular weight is 279 g/mol.